The number of sulfonamides is 1. The third-order valence-corrected chi connectivity index (χ3v) is 4.31. The molecule has 2 N–H and O–H groups in total. The van der Waals surface area contributed by atoms with E-state index in [4.69, 9.17) is 5.73 Å². The molecule has 20 heavy (non-hydrogen) atoms. The lowest BCUT2D eigenvalue weighted by molar-refractivity contribution is -0.274. The van der Waals surface area contributed by atoms with Gasteiger partial charge in [-0.2, -0.15) is 0 Å². The van der Waals surface area contributed by atoms with Gasteiger partial charge in [0.25, 0.3) is 0 Å². The highest BCUT2D eigenvalue weighted by molar-refractivity contribution is 7.89. The zero-order valence-electron chi connectivity index (χ0n) is 10.7. The number of nitrogens with two attached hydrogens (primary N) is 1. The summed E-state index contributed by atoms with van der Waals surface area (Å²) in [5.41, 5.74) is 5.29. The second-order valence-corrected chi connectivity index (χ2v) is 6.03. The Hall–Kier alpha value is -1.32. The molecule has 114 valence electrons. The van der Waals surface area contributed by atoms with Crippen molar-refractivity contribution in [3.8, 4) is 5.75 Å². The third-order valence-electron chi connectivity index (χ3n) is 2.44. The summed E-state index contributed by atoms with van der Waals surface area (Å²) < 4.78 is 64.8. The molecule has 0 aliphatic rings. The fourth-order valence-electron chi connectivity index (χ4n) is 1.43. The topological polar surface area (TPSA) is 72.6 Å². The van der Waals surface area contributed by atoms with Gasteiger partial charge < -0.3 is 10.5 Å². The van der Waals surface area contributed by atoms with E-state index in [1.165, 1.54) is 7.05 Å². The molecule has 0 fully saturated rings. The van der Waals surface area contributed by atoms with Crippen LogP contribution in [0.3, 0.4) is 0 Å². The molecule has 0 bridgehead atoms. The van der Waals surface area contributed by atoms with Crippen molar-refractivity contribution in [1.29, 1.82) is 0 Å². The summed E-state index contributed by atoms with van der Waals surface area (Å²) in [5.74, 6) is -0.471. The zero-order chi connectivity index (χ0) is 15.4. The van der Waals surface area contributed by atoms with E-state index < -0.39 is 22.1 Å². The van der Waals surface area contributed by atoms with E-state index in [-0.39, 0.29) is 11.4 Å². The number of alkyl halides is 3. The Kier molecular flexibility index (Phi) is 5.37. The van der Waals surface area contributed by atoms with Crippen molar-refractivity contribution in [3.05, 3.63) is 24.3 Å². The minimum absolute atomic E-state index is 0.105. The number of nitrogens with zero attached hydrogens (tertiary/aromatic N) is 1. The standard InChI is InChI=1S/C11H15F3N2O3S/c1-16(8-2-7-15)20(17,18)10-5-3-9(4-6-10)19-11(12,13)14/h3-6H,2,7-8,15H2,1H3. The number of rotatable bonds is 6. The maximum atomic E-state index is 12.1. The molecule has 1 aromatic carbocycles. The van der Waals surface area contributed by atoms with Crippen LogP contribution in [0.1, 0.15) is 6.42 Å². The van der Waals surface area contributed by atoms with E-state index in [0.29, 0.717) is 13.0 Å². The fraction of sp³-hybridized carbons (Fsp3) is 0.455. The van der Waals surface area contributed by atoms with E-state index in [1.54, 1.807) is 0 Å². The first-order valence-electron chi connectivity index (χ1n) is 5.69. The van der Waals surface area contributed by atoms with Crippen LogP contribution in [0.15, 0.2) is 29.2 Å². The molecule has 0 aliphatic heterocycles. The maximum Gasteiger partial charge on any atom is 0.573 e. The van der Waals surface area contributed by atoms with Gasteiger partial charge in [0.15, 0.2) is 0 Å². The van der Waals surface area contributed by atoms with Gasteiger partial charge in [0.1, 0.15) is 5.75 Å². The van der Waals surface area contributed by atoms with Crippen molar-refractivity contribution >= 4 is 10.0 Å². The Morgan fingerprint density at radius 2 is 1.80 bits per heavy atom. The Bertz CT molecular complexity index is 529. The molecule has 0 amide bonds. The molecule has 0 aromatic heterocycles. The van der Waals surface area contributed by atoms with Crippen molar-refractivity contribution in [1.82, 2.24) is 4.31 Å². The molecule has 0 heterocycles. The summed E-state index contributed by atoms with van der Waals surface area (Å²) in [6, 6.07) is 4.04. The molecule has 9 heteroatoms. The lowest BCUT2D eigenvalue weighted by atomic mass is 10.3. The van der Waals surface area contributed by atoms with Crippen LogP contribution < -0.4 is 10.5 Å². The molecule has 1 aromatic rings. The quantitative estimate of drug-likeness (QED) is 0.865. The highest BCUT2D eigenvalue weighted by Gasteiger charge is 2.31. The molecular formula is C11H15F3N2O3S. The first-order valence-corrected chi connectivity index (χ1v) is 7.13. The lowest BCUT2D eigenvalue weighted by Gasteiger charge is -2.17. The van der Waals surface area contributed by atoms with Gasteiger partial charge in [-0.15, -0.1) is 13.2 Å². The van der Waals surface area contributed by atoms with Crippen LogP contribution >= 0.6 is 0 Å². The van der Waals surface area contributed by atoms with Crippen molar-refractivity contribution < 1.29 is 26.3 Å². The molecule has 0 atom stereocenters. The van der Waals surface area contributed by atoms with Crippen LogP contribution in [0.25, 0.3) is 0 Å². The fourth-order valence-corrected chi connectivity index (χ4v) is 2.64. The Labute approximate surface area is 115 Å². The van der Waals surface area contributed by atoms with Gasteiger partial charge in [0, 0.05) is 13.6 Å². The van der Waals surface area contributed by atoms with Crippen molar-refractivity contribution in [3.63, 3.8) is 0 Å². The molecular weight excluding hydrogens is 297 g/mol. The highest BCUT2D eigenvalue weighted by atomic mass is 32.2. The van der Waals surface area contributed by atoms with E-state index >= 15 is 0 Å². The van der Waals surface area contributed by atoms with Gasteiger partial charge in [-0.3, -0.25) is 0 Å². The van der Waals surface area contributed by atoms with Crippen molar-refractivity contribution in [2.75, 3.05) is 20.1 Å². The van der Waals surface area contributed by atoms with Crippen LogP contribution in [-0.2, 0) is 10.0 Å². The minimum atomic E-state index is -4.81. The third kappa shape index (κ3) is 4.66. The smallest absolute Gasteiger partial charge is 0.406 e. The SMILES string of the molecule is CN(CCCN)S(=O)(=O)c1ccc(OC(F)(F)F)cc1. The Morgan fingerprint density at radius 3 is 2.25 bits per heavy atom. The average molecular weight is 312 g/mol. The number of benzene rings is 1. The normalized spacial score (nSPS) is 12.7. The number of hydrogen-bond donors (Lipinski definition) is 1. The maximum absolute atomic E-state index is 12.1. The largest absolute Gasteiger partial charge is 0.573 e. The molecule has 1 rings (SSSR count). The molecule has 0 radical (unpaired) electrons. The molecule has 0 unspecified atom stereocenters. The van der Waals surface area contributed by atoms with Gasteiger partial charge in [-0.05, 0) is 37.2 Å². The predicted octanol–water partition coefficient (Wildman–Crippen LogP) is 1.55. The highest BCUT2D eigenvalue weighted by Crippen LogP contribution is 2.24. The summed E-state index contributed by atoms with van der Waals surface area (Å²) >= 11 is 0. The molecule has 5 nitrogen and oxygen atoms in total. The second kappa shape index (κ2) is 6.42. The summed E-state index contributed by atoms with van der Waals surface area (Å²) in [6.45, 7) is 0.581. The van der Waals surface area contributed by atoms with Gasteiger partial charge in [0.2, 0.25) is 10.0 Å². The summed E-state index contributed by atoms with van der Waals surface area (Å²) in [7, 11) is -2.35. The summed E-state index contributed by atoms with van der Waals surface area (Å²) in [6.07, 6.45) is -4.32. The number of ether oxygens (including phenoxy) is 1. The zero-order valence-corrected chi connectivity index (χ0v) is 11.5. The van der Waals surface area contributed by atoms with E-state index in [1.807, 2.05) is 0 Å². The summed E-state index contributed by atoms with van der Waals surface area (Å²) in [4.78, 5) is -0.105. The summed E-state index contributed by atoms with van der Waals surface area (Å²) in [5, 5.41) is 0. The van der Waals surface area contributed by atoms with Gasteiger partial charge in [-0.1, -0.05) is 0 Å². The van der Waals surface area contributed by atoms with E-state index in [0.717, 1.165) is 28.6 Å². The van der Waals surface area contributed by atoms with Gasteiger partial charge >= 0.3 is 6.36 Å². The van der Waals surface area contributed by atoms with E-state index in [2.05, 4.69) is 4.74 Å². The van der Waals surface area contributed by atoms with Crippen LogP contribution in [-0.4, -0.2) is 39.2 Å². The minimum Gasteiger partial charge on any atom is -0.406 e. The molecule has 0 spiro atoms. The van der Waals surface area contributed by atoms with Crippen LogP contribution in [0.4, 0.5) is 13.2 Å². The Morgan fingerprint density at radius 1 is 1.25 bits per heavy atom. The van der Waals surface area contributed by atoms with Gasteiger partial charge in [-0.25, -0.2) is 12.7 Å². The second-order valence-electron chi connectivity index (χ2n) is 3.99. The first kappa shape index (κ1) is 16.7. The first-order chi connectivity index (χ1) is 9.16. The average Bonchev–Trinajstić information content (AvgIpc) is 2.34. The molecule has 0 saturated carbocycles. The van der Waals surface area contributed by atoms with Crippen LogP contribution in [0.5, 0.6) is 5.75 Å². The monoisotopic (exact) mass is 312 g/mol. The molecule has 0 saturated heterocycles. The van der Waals surface area contributed by atoms with Crippen molar-refractivity contribution in [2.45, 2.75) is 17.7 Å². The predicted molar refractivity (Wildman–Crippen MR) is 66.6 cm³/mol. The number of hydrogen-bond acceptors (Lipinski definition) is 4. The van der Waals surface area contributed by atoms with Crippen LogP contribution in [0.2, 0.25) is 0 Å². The van der Waals surface area contributed by atoms with Gasteiger partial charge in [0.05, 0.1) is 4.90 Å². The van der Waals surface area contributed by atoms with Crippen LogP contribution in [0, 0.1) is 0 Å². The number of halogens is 3. The Balaban J connectivity index is 2.87. The van der Waals surface area contributed by atoms with Crippen molar-refractivity contribution in [2.24, 2.45) is 5.73 Å². The lowest BCUT2D eigenvalue weighted by Crippen LogP contribution is -2.29. The molecule has 0 aliphatic carbocycles. The van der Waals surface area contributed by atoms with E-state index in [9.17, 15) is 21.6 Å².